The summed E-state index contributed by atoms with van der Waals surface area (Å²) in [5.41, 5.74) is 2.28. The number of pyridine rings is 1. The van der Waals surface area contributed by atoms with Gasteiger partial charge in [-0.2, -0.15) is 0 Å². The average molecular weight is 429 g/mol. The highest BCUT2D eigenvalue weighted by molar-refractivity contribution is 5.92. The Morgan fingerprint density at radius 3 is 2.53 bits per heavy atom. The number of rotatable bonds is 3. The van der Waals surface area contributed by atoms with Gasteiger partial charge in [-0.3, -0.25) is 0 Å². The summed E-state index contributed by atoms with van der Waals surface area (Å²) in [6.07, 6.45) is 8.49. The van der Waals surface area contributed by atoms with Crippen LogP contribution in [-0.4, -0.2) is 41.6 Å². The first-order valence-corrected chi connectivity index (χ1v) is 12.0. The van der Waals surface area contributed by atoms with Crippen molar-refractivity contribution in [2.45, 2.75) is 51.0 Å². The van der Waals surface area contributed by atoms with E-state index in [9.17, 15) is 4.79 Å². The summed E-state index contributed by atoms with van der Waals surface area (Å²) >= 11 is 0. The molecule has 2 heterocycles. The van der Waals surface area contributed by atoms with Gasteiger partial charge in [0.15, 0.2) is 0 Å². The molecule has 1 atom stereocenters. The van der Waals surface area contributed by atoms with E-state index >= 15 is 0 Å². The van der Waals surface area contributed by atoms with Crippen LogP contribution in [0, 0.1) is 0 Å². The lowest BCUT2D eigenvalue weighted by molar-refractivity contribution is 0.184. The molecule has 0 bridgehead atoms. The van der Waals surface area contributed by atoms with Gasteiger partial charge in [-0.1, -0.05) is 55.7 Å². The van der Waals surface area contributed by atoms with Gasteiger partial charge < -0.3 is 15.1 Å². The topological polar surface area (TPSA) is 48.5 Å². The van der Waals surface area contributed by atoms with Gasteiger partial charge in [0.2, 0.25) is 0 Å². The maximum Gasteiger partial charge on any atom is 0.322 e. The van der Waals surface area contributed by atoms with E-state index in [1.807, 2.05) is 17.2 Å². The number of hydrogen-bond acceptors (Lipinski definition) is 3. The lowest BCUT2D eigenvalue weighted by atomic mass is 9.84. The number of nitrogens with zero attached hydrogens (tertiary/aromatic N) is 3. The minimum atomic E-state index is -0.0200. The lowest BCUT2D eigenvalue weighted by Crippen LogP contribution is -2.55. The molecule has 32 heavy (non-hydrogen) atoms. The predicted octanol–water partition coefficient (Wildman–Crippen LogP) is 6.03. The van der Waals surface area contributed by atoms with Gasteiger partial charge in [0, 0.05) is 42.9 Å². The van der Waals surface area contributed by atoms with E-state index in [2.05, 4.69) is 70.7 Å². The number of piperazine rings is 1. The van der Waals surface area contributed by atoms with E-state index in [1.54, 1.807) is 0 Å². The molecule has 1 aromatic heterocycles. The molecule has 1 saturated heterocycles. The number of amides is 2. The third-order valence-corrected chi connectivity index (χ3v) is 7.08. The minimum absolute atomic E-state index is 0.0200. The first-order valence-electron chi connectivity index (χ1n) is 12.0. The van der Waals surface area contributed by atoms with Crippen molar-refractivity contribution in [3.63, 3.8) is 0 Å². The second-order valence-corrected chi connectivity index (χ2v) is 9.23. The molecule has 1 aliphatic heterocycles. The first kappa shape index (κ1) is 20.8. The van der Waals surface area contributed by atoms with E-state index in [0.717, 1.165) is 30.0 Å². The normalized spacial score (nSPS) is 19.8. The maximum absolute atomic E-state index is 13.0. The van der Waals surface area contributed by atoms with Gasteiger partial charge in [0.05, 0.1) is 0 Å². The van der Waals surface area contributed by atoms with Crippen LogP contribution in [0.1, 0.15) is 50.5 Å². The molecule has 5 heteroatoms. The number of benzene rings is 2. The Balaban J connectivity index is 1.22. The second kappa shape index (κ2) is 9.19. The van der Waals surface area contributed by atoms with Crippen LogP contribution in [-0.2, 0) is 0 Å². The molecule has 1 saturated carbocycles. The largest absolute Gasteiger partial charge is 0.352 e. The van der Waals surface area contributed by atoms with Crippen LogP contribution in [0.4, 0.5) is 16.3 Å². The molecule has 1 unspecified atom stereocenters. The molecule has 0 radical (unpaired) electrons. The second-order valence-electron chi connectivity index (χ2n) is 9.23. The van der Waals surface area contributed by atoms with Gasteiger partial charge in [-0.25, -0.2) is 9.78 Å². The van der Waals surface area contributed by atoms with E-state index in [4.69, 9.17) is 0 Å². The first-order chi connectivity index (χ1) is 15.7. The van der Waals surface area contributed by atoms with Crippen molar-refractivity contribution in [1.29, 1.82) is 0 Å². The molecule has 2 amide bonds. The molecular formula is C27H32N4O. The van der Waals surface area contributed by atoms with Crippen molar-refractivity contribution in [1.82, 2.24) is 9.88 Å². The Labute approximate surface area is 190 Å². The van der Waals surface area contributed by atoms with Gasteiger partial charge in [0.25, 0.3) is 0 Å². The highest BCUT2D eigenvalue weighted by atomic mass is 16.2. The van der Waals surface area contributed by atoms with Crippen LogP contribution < -0.4 is 10.2 Å². The van der Waals surface area contributed by atoms with Crippen LogP contribution in [0.3, 0.4) is 0 Å². The minimum Gasteiger partial charge on any atom is -0.352 e. The Kier molecular flexibility index (Phi) is 5.97. The average Bonchev–Trinajstić information content (AvgIpc) is 2.84. The zero-order valence-corrected chi connectivity index (χ0v) is 18.8. The zero-order chi connectivity index (χ0) is 21.9. The zero-order valence-electron chi connectivity index (χ0n) is 18.8. The number of hydrogen-bond donors (Lipinski definition) is 1. The highest BCUT2D eigenvalue weighted by Crippen LogP contribution is 2.33. The third kappa shape index (κ3) is 4.29. The fourth-order valence-corrected chi connectivity index (χ4v) is 5.28. The Morgan fingerprint density at radius 1 is 0.969 bits per heavy atom. The summed E-state index contributed by atoms with van der Waals surface area (Å²) < 4.78 is 0. The van der Waals surface area contributed by atoms with Gasteiger partial charge >= 0.3 is 6.03 Å². The fourth-order valence-electron chi connectivity index (χ4n) is 5.28. The monoisotopic (exact) mass is 428 g/mol. The number of fused-ring (bicyclic) bond motifs is 1. The summed E-state index contributed by atoms with van der Waals surface area (Å²) in [6, 6.07) is 19.0. The molecule has 1 N–H and O–H groups in total. The van der Waals surface area contributed by atoms with E-state index in [-0.39, 0.29) is 12.1 Å². The summed E-state index contributed by atoms with van der Waals surface area (Å²) in [5, 5.41) is 5.47. The molecule has 2 aromatic carbocycles. The molecule has 2 fully saturated rings. The van der Waals surface area contributed by atoms with E-state index < -0.39 is 0 Å². The Hall–Kier alpha value is -3.08. The number of anilines is 2. The maximum atomic E-state index is 13.0. The summed E-state index contributed by atoms with van der Waals surface area (Å²) in [5.74, 6) is 1.69. The summed E-state index contributed by atoms with van der Waals surface area (Å²) in [6.45, 7) is 4.34. The highest BCUT2D eigenvalue weighted by Gasteiger charge is 2.29. The smallest absolute Gasteiger partial charge is 0.322 e. The molecule has 2 aliphatic rings. The number of carbonyl (C=O) groups excluding carboxylic acids is 1. The predicted molar refractivity (Wildman–Crippen MR) is 131 cm³/mol. The van der Waals surface area contributed by atoms with Crippen molar-refractivity contribution >= 4 is 28.3 Å². The molecule has 1 aliphatic carbocycles. The van der Waals surface area contributed by atoms with Crippen LogP contribution >= 0.6 is 0 Å². The SMILES string of the molecule is CC1CN(c2nccc3ccccc23)CCN1C(=O)Nc1ccc(C2CCCCC2)cc1. The van der Waals surface area contributed by atoms with Gasteiger partial charge in [0.1, 0.15) is 5.82 Å². The van der Waals surface area contributed by atoms with Crippen molar-refractivity contribution in [2.75, 3.05) is 29.9 Å². The summed E-state index contributed by atoms with van der Waals surface area (Å²) in [7, 11) is 0. The molecular weight excluding hydrogens is 396 g/mol. The van der Waals surface area contributed by atoms with Crippen LogP contribution in [0.15, 0.2) is 60.8 Å². The standard InChI is InChI=1S/C27H32N4O/c1-20-19-30(26-25-10-6-5-9-23(25)15-16-28-26)17-18-31(20)27(32)29-24-13-11-22(12-14-24)21-7-3-2-4-8-21/h5-6,9-16,20-21H,2-4,7-8,17-19H2,1H3,(H,29,32). The van der Waals surface area contributed by atoms with Crippen molar-refractivity contribution in [2.24, 2.45) is 0 Å². The van der Waals surface area contributed by atoms with Gasteiger partial charge in [-0.05, 0) is 54.8 Å². The van der Waals surface area contributed by atoms with Crippen LogP contribution in [0.2, 0.25) is 0 Å². The van der Waals surface area contributed by atoms with E-state index in [0.29, 0.717) is 12.5 Å². The van der Waals surface area contributed by atoms with Crippen molar-refractivity contribution < 1.29 is 4.79 Å². The van der Waals surface area contributed by atoms with Crippen molar-refractivity contribution in [3.05, 3.63) is 66.4 Å². The van der Waals surface area contributed by atoms with Gasteiger partial charge in [-0.15, -0.1) is 0 Å². The van der Waals surface area contributed by atoms with Crippen LogP contribution in [0.25, 0.3) is 10.8 Å². The number of nitrogens with one attached hydrogen (secondary N) is 1. The third-order valence-electron chi connectivity index (χ3n) is 7.08. The fraction of sp³-hybridized carbons (Fsp3) is 0.407. The van der Waals surface area contributed by atoms with Crippen molar-refractivity contribution in [3.8, 4) is 0 Å². The quantitative estimate of drug-likeness (QED) is 0.554. The van der Waals surface area contributed by atoms with Crippen LogP contribution in [0.5, 0.6) is 0 Å². The summed E-state index contributed by atoms with van der Waals surface area (Å²) in [4.78, 5) is 21.9. The number of aromatic nitrogens is 1. The molecule has 166 valence electrons. The number of urea groups is 1. The molecule has 3 aromatic rings. The van der Waals surface area contributed by atoms with E-state index in [1.165, 1.54) is 43.1 Å². The Bertz CT molecular complexity index is 1070. The molecule has 0 spiro atoms. The lowest BCUT2D eigenvalue weighted by Gasteiger charge is -2.40. The molecule has 5 rings (SSSR count). The Morgan fingerprint density at radius 2 is 1.75 bits per heavy atom. The molecule has 5 nitrogen and oxygen atoms in total. The number of carbonyl (C=O) groups is 1.